The summed E-state index contributed by atoms with van der Waals surface area (Å²) in [6, 6.07) is 2.54. The zero-order valence-corrected chi connectivity index (χ0v) is 8.77. The molecular formula is C10H14N2O3. The average molecular weight is 210 g/mol. The van der Waals surface area contributed by atoms with E-state index in [0.29, 0.717) is 6.42 Å². The number of hydrogen-bond acceptors (Lipinski definition) is 3. The van der Waals surface area contributed by atoms with Gasteiger partial charge in [0.05, 0.1) is 7.11 Å². The maximum Gasteiger partial charge on any atom is 0.328 e. The van der Waals surface area contributed by atoms with Crippen LogP contribution in [0.1, 0.15) is 13.3 Å². The highest BCUT2D eigenvalue weighted by Crippen LogP contribution is 1.96. The molecule has 0 saturated heterocycles. The number of hydrogen-bond donors (Lipinski definition) is 1. The maximum absolute atomic E-state index is 11.5. The molecule has 0 saturated carbocycles. The maximum atomic E-state index is 11.5. The molecule has 1 rings (SSSR count). The first-order chi connectivity index (χ1) is 7.19. The number of rotatable bonds is 3. The first-order valence-corrected chi connectivity index (χ1v) is 4.70. The van der Waals surface area contributed by atoms with Gasteiger partial charge in [-0.2, -0.15) is 0 Å². The van der Waals surface area contributed by atoms with Crippen LogP contribution in [0.3, 0.4) is 0 Å². The summed E-state index contributed by atoms with van der Waals surface area (Å²) in [4.78, 5) is 22.7. The summed E-state index contributed by atoms with van der Waals surface area (Å²) in [7, 11) is 1.30. The Labute approximate surface area is 88.0 Å². The lowest BCUT2D eigenvalue weighted by atomic mass is 10.2. The van der Waals surface area contributed by atoms with Gasteiger partial charge in [-0.05, 0) is 18.6 Å². The third-order valence-corrected chi connectivity index (χ3v) is 2.03. The van der Waals surface area contributed by atoms with Gasteiger partial charge in [0.1, 0.15) is 6.04 Å². The topological polar surface area (TPSA) is 60.3 Å². The van der Waals surface area contributed by atoms with Crippen molar-refractivity contribution >= 4 is 12.0 Å². The number of nitrogens with zero attached hydrogens (tertiary/aromatic N) is 1. The first kappa shape index (κ1) is 11.3. The van der Waals surface area contributed by atoms with Crippen LogP contribution in [0.4, 0.5) is 4.79 Å². The molecule has 0 aliphatic heterocycles. The monoisotopic (exact) mass is 210 g/mol. The predicted molar refractivity (Wildman–Crippen MR) is 54.5 cm³/mol. The van der Waals surface area contributed by atoms with Crippen LogP contribution in [0.2, 0.25) is 0 Å². The lowest BCUT2D eigenvalue weighted by Gasteiger charge is -2.14. The largest absolute Gasteiger partial charge is 0.467 e. The summed E-state index contributed by atoms with van der Waals surface area (Å²) in [5.74, 6) is -0.432. The van der Waals surface area contributed by atoms with Crippen molar-refractivity contribution in [2.75, 3.05) is 7.11 Å². The van der Waals surface area contributed by atoms with Gasteiger partial charge in [0.25, 0.3) is 0 Å². The van der Waals surface area contributed by atoms with Gasteiger partial charge in [-0.1, -0.05) is 6.92 Å². The fourth-order valence-electron chi connectivity index (χ4n) is 1.16. The molecule has 1 amide bonds. The van der Waals surface area contributed by atoms with Gasteiger partial charge in [0, 0.05) is 12.4 Å². The van der Waals surface area contributed by atoms with E-state index in [2.05, 4.69) is 10.1 Å². The number of ether oxygens (including phenoxy) is 1. The van der Waals surface area contributed by atoms with E-state index in [0.717, 1.165) is 0 Å². The Balaban J connectivity index is 2.60. The van der Waals surface area contributed by atoms with E-state index < -0.39 is 12.0 Å². The molecule has 5 heteroatoms. The van der Waals surface area contributed by atoms with Crippen molar-refractivity contribution in [2.45, 2.75) is 19.4 Å². The SMILES string of the molecule is CC[C@H](NC(=O)n1cccc1)C(=O)OC. The highest BCUT2D eigenvalue weighted by Gasteiger charge is 2.19. The zero-order chi connectivity index (χ0) is 11.3. The standard InChI is InChI=1S/C10H14N2O3/c1-3-8(9(13)15-2)11-10(14)12-6-4-5-7-12/h4-8H,3H2,1-2H3,(H,11,14)/t8-/m0/s1. The van der Waals surface area contributed by atoms with E-state index in [1.807, 2.05) is 0 Å². The summed E-state index contributed by atoms with van der Waals surface area (Å²) >= 11 is 0. The van der Waals surface area contributed by atoms with E-state index in [1.54, 1.807) is 31.5 Å². The van der Waals surface area contributed by atoms with Crippen molar-refractivity contribution < 1.29 is 14.3 Å². The minimum Gasteiger partial charge on any atom is -0.467 e. The lowest BCUT2D eigenvalue weighted by molar-refractivity contribution is -0.142. The Morgan fingerprint density at radius 3 is 2.47 bits per heavy atom. The molecule has 5 nitrogen and oxygen atoms in total. The number of amides is 1. The van der Waals surface area contributed by atoms with Gasteiger partial charge in [-0.15, -0.1) is 0 Å². The normalized spacial score (nSPS) is 11.9. The highest BCUT2D eigenvalue weighted by atomic mass is 16.5. The molecule has 0 aliphatic rings. The molecule has 0 spiro atoms. The molecule has 1 aromatic heterocycles. The van der Waals surface area contributed by atoms with Gasteiger partial charge in [-0.25, -0.2) is 9.59 Å². The van der Waals surface area contributed by atoms with Crippen LogP contribution in [0.25, 0.3) is 0 Å². The van der Waals surface area contributed by atoms with Gasteiger partial charge < -0.3 is 10.1 Å². The molecule has 0 radical (unpaired) electrons. The molecule has 0 aromatic carbocycles. The Morgan fingerprint density at radius 2 is 2.00 bits per heavy atom. The molecule has 1 N–H and O–H groups in total. The quantitative estimate of drug-likeness (QED) is 0.757. The molecule has 1 aromatic rings. The first-order valence-electron chi connectivity index (χ1n) is 4.70. The predicted octanol–water partition coefficient (Wildman–Crippen LogP) is 0.997. The summed E-state index contributed by atoms with van der Waals surface area (Å²) < 4.78 is 5.93. The number of esters is 1. The van der Waals surface area contributed by atoms with Crippen LogP contribution in [-0.2, 0) is 9.53 Å². The molecule has 0 aliphatic carbocycles. The van der Waals surface area contributed by atoms with E-state index in [4.69, 9.17) is 0 Å². The number of carbonyl (C=O) groups is 2. The lowest BCUT2D eigenvalue weighted by Crippen LogP contribution is -2.42. The Kier molecular flexibility index (Phi) is 3.91. The minimum atomic E-state index is -0.593. The van der Waals surface area contributed by atoms with Crippen molar-refractivity contribution in [3.63, 3.8) is 0 Å². The van der Waals surface area contributed by atoms with Gasteiger partial charge in [0.15, 0.2) is 0 Å². The van der Waals surface area contributed by atoms with Crippen molar-refractivity contribution in [2.24, 2.45) is 0 Å². The fraction of sp³-hybridized carbons (Fsp3) is 0.400. The van der Waals surface area contributed by atoms with Crippen molar-refractivity contribution in [3.8, 4) is 0 Å². The molecule has 0 fully saturated rings. The summed E-state index contributed by atoms with van der Waals surface area (Å²) in [5, 5.41) is 2.57. The summed E-state index contributed by atoms with van der Waals surface area (Å²) in [5.41, 5.74) is 0. The average Bonchev–Trinajstić information content (AvgIpc) is 2.77. The molecule has 82 valence electrons. The number of nitrogens with one attached hydrogen (secondary N) is 1. The molecule has 1 atom stereocenters. The van der Waals surface area contributed by atoms with Crippen LogP contribution in [0.15, 0.2) is 24.5 Å². The second-order valence-corrected chi connectivity index (χ2v) is 3.02. The van der Waals surface area contributed by atoms with Crippen LogP contribution in [0.5, 0.6) is 0 Å². The molecular weight excluding hydrogens is 196 g/mol. The zero-order valence-electron chi connectivity index (χ0n) is 8.77. The van der Waals surface area contributed by atoms with Crippen molar-refractivity contribution in [1.82, 2.24) is 9.88 Å². The molecule has 0 unspecified atom stereocenters. The highest BCUT2D eigenvalue weighted by molar-refractivity contribution is 5.84. The van der Waals surface area contributed by atoms with Crippen LogP contribution in [-0.4, -0.2) is 29.7 Å². The number of carbonyl (C=O) groups excluding carboxylic acids is 2. The Hall–Kier alpha value is -1.78. The summed E-state index contributed by atoms with van der Waals surface area (Å²) in [6.45, 7) is 1.80. The van der Waals surface area contributed by atoms with Crippen LogP contribution >= 0.6 is 0 Å². The summed E-state index contributed by atoms with van der Waals surface area (Å²) in [6.07, 6.45) is 3.72. The van der Waals surface area contributed by atoms with Gasteiger partial charge in [-0.3, -0.25) is 4.57 Å². The van der Waals surface area contributed by atoms with E-state index in [1.165, 1.54) is 11.7 Å². The Morgan fingerprint density at radius 1 is 1.40 bits per heavy atom. The number of methoxy groups -OCH3 is 1. The minimum absolute atomic E-state index is 0.336. The second kappa shape index (κ2) is 5.19. The van der Waals surface area contributed by atoms with Gasteiger partial charge >= 0.3 is 12.0 Å². The molecule has 0 bridgehead atoms. The van der Waals surface area contributed by atoms with Gasteiger partial charge in [0.2, 0.25) is 0 Å². The molecule has 15 heavy (non-hydrogen) atoms. The van der Waals surface area contributed by atoms with Crippen LogP contribution in [0, 0.1) is 0 Å². The third-order valence-electron chi connectivity index (χ3n) is 2.03. The van der Waals surface area contributed by atoms with Crippen LogP contribution < -0.4 is 5.32 Å². The Bertz CT molecular complexity index is 332. The fourth-order valence-corrected chi connectivity index (χ4v) is 1.16. The smallest absolute Gasteiger partial charge is 0.328 e. The third kappa shape index (κ3) is 2.83. The van der Waals surface area contributed by atoms with Crippen molar-refractivity contribution in [1.29, 1.82) is 0 Å². The van der Waals surface area contributed by atoms with E-state index in [-0.39, 0.29) is 6.03 Å². The molecule has 1 heterocycles. The van der Waals surface area contributed by atoms with Crippen molar-refractivity contribution in [3.05, 3.63) is 24.5 Å². The second-order valence-electron chi connectivity index (χ2n) is 3.02. The van der Waals surface area contributed by atoms with E-state index >= 15 is 0 Å². The van der Waals surface area contributed by atoms with E-state index in [9.17, 15) is 9.59 Å². The number of aromatic nitrogens is 1.